The number of carbonyl (C=O) groups is 1. The van der Waals surface area contributed by atoms with Crippen LogP contribution in [0.1, 0.15) is 19.4 Å². The number of rotatable bonds is 7. The lowest BCUT2D eigenvalue weighted by atomic mass is 10.2. The van der Waals surface area contributed by atoms with Gasteiger partial charge in [0.1, 0.15) is 11.6 Å². The third-order valence-corrected chi connectivity index (χ3v) is 4.51. The Morgan fingerprint density at radius 2 is 2.07 bits per heavy atom. The summed E-state index contributed by atoms with van der Waals surface area (Å²) in [5, 5.41) is 5.47. The lowest BCUT2D eigenvalue weighted by Crippen LogP contribution is -2.47. The number of benzene rings is 2. The van der Waals surface area contributed by atoms with E-state index in [2.05, 4.69) is 27.7 Å². The molecule has 1 fully saturated rings. The maximum Gasteiger partial charge on any atom is 0.319 e. The molecule has 0 saturated carbocycles. The van der Waals surface area contributed by atoms with Crippen LogP contribution in [0.25, 0.3) is 0 Å². The Morgan fingerprint density at radius 3 is 2.83 bits per heavy atom. The number of nitrogens with zero attached hydrogens (tertiary/aromatic N) is 1. The van der Waals surface area contributed by atoms with Gasteiger partial charge in [0.25, 0.3) is 0 Å². The summed E-state index contributed by atoms with van der Waals surface area (Å²) in [6, 6.07) is 13.9. The van der Waals surface area contributed by atoms with E-state index in [0.29, 0.717) is 24.6 Å². The molecule has 2 N–H and O–H groups in total. The van der Waals surface area contributed by atoms with Crippen LogP contribution in [-0.2, 0) is 11.3 Å². The fourth-order valence-corrected chi connectivity index (χ4v) is 3.22. The number of morpholine rings is 1. The molecule has 0 aromatic heterocycles. The number of hydrogen-bond acceptors (Lipinski definition) is 4. The van der Waals surface area contributed by atoms with Gasteiger partial charge >= 0.3 is 6.03 Å². The van der Waals surface area contributed by atoms with Crippen LogP contribution in [0.2, 0.25) is 0 Å². The summed E-state index contributed by atoms with van der Waals surface area (Å²) in [5.74, 6) is -0.0110. The van der Waals surface area contributed by atoms with Crippen molar-refractivity contribution in [1.82, 2.24) is 10.2 Å². The van der Waals surface area contributed by atoms with Crippen LogP contribution < -0.4 is 15.4 Å². The van der Waals surface area contributed by atoms with Crippen molar-refractivity contribution in [1.29, 1.82) is 0 Å². The first-order chi connectivity index (χ1) is 14.0. The number of halogens is 1. The molecular weight excluding hydrogens is 373 g/mol. The fraction of sp³-hybridized carbons (Fsp3) is 0.409. The van der Waals surface area contributed by atoms with E-state index in [1.165, 1.54) is 23.8 Å². The van der Waals surface area contributed by atoms with Gasteiger partial charge in [-0.3, -0.25) is 4.90 Å². The Morgan fingerprint density at radius 1 is 1.28 bits per heavy atom. The van der Waals surface area contributed by atoms with Gasteiger partial charge in [-0.15, -0.1) is 0 Å². The molecule has 2 aromatic carbocycles. The molecule has 0 bridgehead atoms. The molecule has 1 unspecified atom stereocenters. The molecule has 1 saturated heterocycles. The Kier molecular flexibility index (Phi) is 7.43. The first-order valence-electron chi connectivity index (χ1n) is 9.88. The van der Waals surface area contributed by atoms with Gasteiger partial charge in [0.2, 0.25) is 0 Å². The van der Waals surface area contributed by atoms with E-state index < -0.39 is 11.8 Å². The maximum atomic E-state index is 13.6. The molecule has 1 aliphatic rings. The standard InChI is InChI=1S/C22H28FN3O3/c1-16(2)29-21-9-8-18(23)12-20(21)25-22(27)24-13-19-15-26(10-11-28-19)14-17-6-4-3-5-7-17/h3-9,12,16,19H,10-11,13-15H2,1-2H3,(H2,24,25,27). The first kappa shape index (κ1) is 21.1. The van der Waals surface area contributed by atoms with Crippen molar-refractivity contribution < 1.29 is 18.7 Å². The van der Waals surface area contributed by atoms with Crippen molar-refractivity contribution in [3.05, 3.63) is 59.9 Å². The largest absolute Gasteiger partial charge is 0.489 e. The van der Waals surface area contributed by atoms with Gasteiger partial charge < -0.3 is 20.1 Å². The van der Waals surface area contributed by atoms with Crippen molar-refractivity contribution >= 4 is 11.7 Å². The average Bonchev–Trinajstić information content (AvgIpc) is 2.69. The van der Waals surface area contributed by atoms with Gasteiger partial charge in [-0.1, -0.05) is 30.3 Å². The van der Waals surface area contributed by atoms with Gasteiger partial charge in [-0.2, -0.15) is 0 Å². The summed E-state index contributed by atoms with van der Waals surface area (Å²) >= 11 is 0. The minimum absolute atomic E-state index is 0.0877. The van der Waals surface area contributed by atoms with Crippen molar-refractivity contribution in [3.8, 4) is 5.75 Å². The van der Waals surface area contributed by atoms with E-state index >= 15 is 0 Å². The van der Waals surface area contributed by atoms with Crippen LogP contribution in [0.5, 0.6) is 5.75 Å². The van der Waals surface area contributed by atoms with Gasteiger partial charge in [0, 0.05) is 32.2 Å². The summed E-state index contributed by atoms with van der Waals surface area (Å²) < 4.78 is 25.0. The SMILES string of the molecule is CC(C)Oc1ccc(F)cc1NC(=O)NCC1CN(Cc2ccccc2)CCO1. The molecule has 1 heterocycles. The zero-order valence-corrected chi connectivity index (χ0v) is 16.9. The molecule has 0 spiro atoms. The molecule has 2 amide bonds. The number of hydrogen-bond donors (Lipinski definition) is 2. The molecule has 6 nitrogen and oxygen atoms in total. The van der Waals surface area contributed by atoms with Crippen LogP contribution in [0.4, 0.5) is 14.9 Å². The molecule has 2 aromatic rings. The van der Waals surface area contributed by atoms with Gasteiger partial charge in [-0.05, 0) is 31.5 Å². The van der Waals surface area contributed by atoms with E-state index in [4.69, 9.17) is 9.47 Å². The Labute approximate surface area is 171 Å². The first-order valence-corrected chi connectivity index (χ1v) is 9.88. The number of urea groups is 1. The molecule has 0 aliphatic carbocycles. The minimum Gasteiger partial charge on any atom is -0.489 e. The Bertz CT molecular complexity index is 801. The minimum atomic E-state index is -0.441. The zero-order chi connectivity index (χ0) is 20.6. The maximum absolute atomic E-state index is 13.6. The summed E-state index contributed by atoms with van der Waals surface area (Å²) in [4.78, 5) is 14.6. The smallest absolute Gasteiger partial charge is 0.319 e. The van der Waals surface area contributed by atoms with Crippen molar-refractivity contribution in [2.45, 2.75) is 32.6 Å². The summed E-state index contributed by atoms with van der Waals surface area (Å²) in [6.07, 6.45) is -0.188. The van der Waals surface area contributed by atoms with E-state index in [1.807, 2.05) is 32.0 Å². The third-order valence-electron chi connectivity index (χ3n) is 4.51. The van der Waals surface area contributed by atoms with Crippen LogP contribution in [0.15, 0.2) is 48.5 Å². The summed E-state index contributed by atoms with van der Waals surface area (Å²) in [6.45, 7) is 7.17. The van der Waals surface area contributed by atoms with Crippen LogP contribution in [-0.4, -0.2) is 49.4 Å². The Balaban J connectivity index is 1.50. The normalized spacial score (nSPS) is 17.2. The highest BCUT2D eigenvalue weighted by Crippen LogP contribution is 2.26. The number of anilines is 1. The number of amides is 2. The highest BCUT2D eigenvalue weighted by Gasteiger charge is 2.21. The van der Waals surface area contributed by atoms with Crippen molar-refractivity contribution in [2.24, 2.45) is 0 Å². The van der Waals surface area contributed by atoms with Gasteiger partial charge in [-0.25, -0.2) is 9.18 Å². The molecule has 3 rings (SSSR count). The Hall–Kier alpha value is -2.64. The summed E-state index contributed by atoms with van der Waals surface area (Å²) in [5.41, 5.74) is 1.55. The third kappa shape index (κ3) is 6.73. The van der Waals surface area contributed by atoms with E-state index in [9.17, 15) is 9.18 Å². The molecule has 156 valence electrons. The lowest BCUT2D eigenvalue weighted by Gasteiger charge is -2.33. The molecule has 29 heavy (non-hydrogen) atoms. The fourth-order valence-electron chi connectivity index (χ4n) is 3.22. The monoisotopic (exact) mass is 401 g/mol. The van der Waals surface area contributed by atoms with Crippen molar-refractivity contribution in [2.75, 3.05) is 31.6 Å². The quantitative estimate of drug-likeness (QED) is 0.744. The molecule has 1 aliphatic heterocycles. The number of nitrogens with one attached hydrogen (secondary N) is 2. The second kappa shape index (κ2) is 10.2. The zero-order valence-electron chi connectivity index (χ0n) is 16.9. The molecule has 7 heteroatoms. The molecule has 1 atom stereocenters. The molecular formula is C22H28FN3O3. The average molecular weight is 401 g/mol. The summed E-state index contributed by atoms with van der Waals surface area (Å²) in [7, 11) is 0. The van der Waals surface area contributed by atoms with E-state index in [0.717, 1.165) is 19.6 Å². The predicted molar refractivity (Wildman–Crippen MR) is 111 cm³/mol. The van der Waals surface area contributed by atoms with Crippen molar-refractivity contribution in [3.63, 3.8) is 0 Å². The topological polar surface area (TPSA) is 62.8 Å². The highest BCUT2D eigenvalue weighted by atomic mass is 19.1. The van der Waals surface area contributed by atoms with E-state index in [-0.39, 0.29) is 12.2 Å². The second-order valence-corrected chi connectivity index (χ2v) is 7.36. The number of carbonyl (C=O) groups excluding carboxylic acids is 1. The van der Waals surface area contributed by atoms with Crippen LogP contribution >= 0.6 is 0 Å². The van der Waals surface area contributed by atoms with E-state index in [1.54, 1.807) is 0 Å². The van der Waals surface area contributed by atoms with Crippen LogP contribution in [0, 0.1) is 5.82 Å². The van der Waals surface area contributed by atoms with Gasteiger partial charge in [0.15, 0.2) is 0 Å². The predicted octanol–water partition coefficient (Wildman–Crippen LogP) is 3.64. The molecule has 0 radical (unpaired) electrons. The second-order valence-electron chi connectivity index (χ2n) is 7.36. The lowest BCUT2D eigenvalue weighted by molar-refractivity contribution is -0.0285. The highest BCUT2D eigenvalue weighted by molar-refractivity contribution is 5.90. The number of ether oxygens (including phenoxy) is 2. The van der Waals surface area contributed by atoms with Gasteiger partial charge in [0.05, 0.1) is 24.5 Å². The van der Waals surface area contributed by atoms with Crippen LogP contribution in [0.3, 0.4) is 0 Å².